The lowest BCUT2D eigenvalue weighted by Gasteiger charge is -2.02. The molecule has 0 aromatic heterocycles. The molecule has 2 nitrogen and oxygen atoms in total. The molecule has 0 amide bonds. The summed E-state index contributed by atoms with van der Waals surface area (Å²) in [5.74, 6) is 0. The summed E-state index contributed by atoms with van der Waals surface area (Å²) < 4.78 is 0. The van der Waals surface area contributed by atoms with Gasteiger partial charge in [-0.05, 0) is 13.8 Å². The Hall–Kier alpha value is -0.790. The zero-order valence-corrected chi connectivity index (χ0v) is 6.36. The molecule has 0 aliphatic heterocycles. The van der Waals surface area contributed by atoms with Crippen LogP contribution >= 0.6 is 0 Å². The maximum atomic E-state index is 3.97. The molecule has 2 heteroatoms. The molecule has 0 saturated heterocycles. The van der Waals surface area contributed by atoms with Gasteiger partial charge >= 0.3 is 0 Å². The van der Waals surface area contributed by atoms with E-state index in [1.165, 1.54) is 0 Å². The van der Waals surface area contributed by atoms with Crippen molar-refractivity contribution in [1.82, 2.24) is 5.32 Å². The number of nitrogens with one attached hydrogen (secondary N) is 1. The smallest absolute Gasteiger partial charge is 0.0523 e. The molecule has 9 heavy (non-hydrogen) atoms. The third-order valence-corrected chi connectivity index (χ3v) is 1.03. The molecule has 0 atom stereocenters. The molecule has 0 aliphatic carbocycles. The predicted octanol–water partition coefficient (Wildman–Crippen LogP) is 1.20. The van der Waals surface area contributed by atoms with Crippen molar-refractivity contribution >= 4 is 5.71 Å². The van der Waals surface area contributed by atoms with Crippen LogP contribution in [-0.2, 0) is 0 Å². The molecule has 1 N–H and O–H groups in total. The van der Waals surface area contributed by atoms with Gasteiger partial charge in [-0.3, -0.25) is 4.99 Å². The minimum absolute atomic E-state index is 0.811. The van der Waals surface area contributed by atoms with Gasteiger partial charge in [-0.15, -0.1) is 0 Å². The first-order valence-corrected chi connectivity index (χ1v) is 2.98. The Morgan fingerprint density at radius 1 is 1.56 bits per heavy atom. The molecule has 0 fully saturated rings. The number of allylic oxidation sites excluding steroid dienone is 1. The first kappa shape index (κ1) is 8.21. The monoisotopic (exact) mass is 126 g/mol. The average Bonchev–Trinajstić information content (AvgIpc) is 1.83. The lowest BCUT2D eigenvalue weighted by molar-refractivity contribution is 0.929. The van der Waals surface area contributed by atoms with Crippen molar-refractivity contribution < 1.29 is 0 Å². The number of hydrogen-bond acceptors (Lipinski definition) is 2. The summed E-state index contributed by atoms with van der Waals surface area (Å²) in [6.45, 7) is 8.42. The molecule has 0 radical (unpaired) electrons. The van der Waals surface area contributed by atoms with Crippen molar-refractivity contribution in [2.75, 3.05) is 13.6 Å². The fourth-order valence-electron chi connectivity index (χ4n) is 0.358. The molecule has 0 heterocycles. The van der Waals surface area contributed by atoms with Crippen molar-refractivity contribution in [3.63, 3.8) is 0 Å². The summed E-state index contributed by atoms with van der Waals surface area (Å²) in [7, 11) is 1.79. The molecule has 0 aliphatic rings. The lowest BCUT2D eigenvalue weighted by atomic mass is 10.4. The van der Waals surface area contributed by atoms with Crippen LogP contribution in [0.2, 0.25) is 0 Å². The second-order valence-corrected chi connectivity index (χ2v) is 2.09. The minimum Gasteiger partial charge on any atom is -0.384 e. The van der Waals surface area contributed by atoms with Gasteiger partial charge in [-0.25, -0.2) is 0 Å². The lowest BCUT2D eigenvalue weighted by Crippen LogP contribution is -2.18. The van der Waals surface area contributed by atoms with Crippen LogP contribution in [0.3, 0.4) is 0 Å². The van der Waals surface area contributed by atoms with E-state index in [2.05, 4.69) is 16.9 Å². The maximum absolute atomic E-state index is 3.97. The predicted molar refractivity (Wildman–Crippen MR) is 41.8 cm³/mol. The van der Waals surface area contributed by atoms with Crippen LogP contribution in [-0.4, -0.2) is 19.3 Å². The number of aliphatic imine (C=N–C) groups is 1. The van der Waals surface area contributed by atoms with Gasteiger partial charge in [0.15, 0.2) is 0 Å². The van der Waals surface area contributed by atoms with Crippen molar-refractivity contribution in [2.45, 2.75) is 13.8 Å². The highest BCUT2D eigenvalue weighted by atomic mass is 14.9. The minimum atomic E-state index is 0.811. The van der Waals surface area contributed by atoms with Crippen LogP contribution in [0.4, 0.5) is 0 Å². The Balaban J connectivity index is 3.39. The number of hydrogen-bond donors (Lipinski definition) is 1. The Labute approximate surface area is 56.7 Å². The summed E-state index contributed by atoms with van der Waals surface area (Å²) in [4.78, 5) is 3.97. The molecule has 0 saturated carbocycles. The van der Waals surface area contributed by atoms with Gasteiger partial charge in [0, 0.05) is 18.5 Å². The van der Waals surface area contributed by atoms with Crippen molar-refractivity contribution in [2.24, 2.45) is 4.99 Å². The zero-order valence-electron chi connectivity index (χ0n) is 6.36. The van der Waals surface area contributed by atoms with Crippen LogP contribution in [0, 0.1) is 0 Å². The Kier molecular flexibility index (Phi) is 3.76. The standard InChI is InChI=1S/C7H14N2/c1-6(2)9-5-7(3)8-4/h9H,1,5H2,2-4H3. The van der Waals surface area contributed by atoms with Gasteiger partial charge in [0.1, 0.15) is 0 Å². The largest absolute Gasteiger partial charge is 0.384 e. The molecular weight excluding hydrogens is 112 g/mol. The van der Waals surface area contributed by atoms with Gasteiger partial charge in [0.05, 0.1) is 6.54 Å². The summed E-state index contributed by atoms with van der Waals surface area (Å²) in [6, 6.07) is 0. The van der Waals surface area contributed by atoms with Crippen molar-refractivity contribution in [3.05, 3.63) is 12.3 Å². The van der Waals surface area contributed by atoms with Gasteiger partial charge in [0.2, 0.25) is 0 Å². The van der Waals surface area contributed by atoms with Crippen LogP contribution in [0.25, 0.3) is 0 Å². The molecule has 0 aromatic carbocycles. The average molecular weight is 126 g/mol. The molecule has 0 spiro atoms. The van der Waals surface area contributed by atoms with E-state index in [1.54, 1.807) is 7.05 Å². The number of rotatable bonds is 3. The Morgan fingerprint density at radius 2 is 2.11 bits per heavy atom. The number of nitrogens with zero attached hydrogens (tertiary/aromatic N) is 1. The van der Waals surface area contributed by atoms with Crippen LogP contribution in [0.15, 0.2) is 17.3 Å². The van der Waals surface area contributed by atoms with Gasteiger partial charge in [0.25, 0.3) is 0 Å². The third kappa shape index (κ3) is 5.07. The molecule has 0 bridgehead atoms. The van der Waals surface area contributed by atoms with Crippen LogP contribution in [0.5, 0.6) is 0 Å². The highest BCUT2D eigenvalue weighted by Gasteiger charge is 1.86. The first-order chi connectivity index (χ1) is 4.16. The second kappa shape index (κ2) is 4.13. The van der Waals surface area contributed by atoms with Crippen molar-refractivity contribution in [1.29, 1.82) is 0 Å². The summed E-state index contributed by atoms with van der Waals surface area (Å²) in [5, 5.41) is 3.07. The fraction of sp³-hybridized carbons (Fsp3) is 0.571. The molecule has 52 valence electrons. The van der Waals surface area contributed by atoms with Crippen molar-refractivity contribution in [3.8, 4) is 0 Å². The first-order valence-electron chi connectivity index (χ1n) is 2.98. The van der Waals surface area contributed by atoms with E-state index in [0.717, 1.165) is 18.0 Å². The fourth-order valence-corrected chi connectivity index (χ4v) is 0.358. The van der Waals surface area contributed by atoms with E-state index in [0.29, 0.717) is 0 Å². The quantitative estimate of drug-likeness (QED) is 0.564. The highest BCUT2D eigenvalue weighted by Crippen LogP contribution is 1.78. The SMILES string of the molecule is C=C(C)NCC(C)=NC. The topological polar surface area (TPSA) is 24.4 Å². The van der Waals surface area contributed by atoms with Crippen LogP contribution in [0.1, 0.15) is 13.8 Å². The van der Waals surface area contributed by atoms with Gasteiger partial charge in [-0.2, -0.15) is 0 Å². The Bertz CT molecular complexity index is 125. The maximum Gasteiger partial charge on any atom is 0.0523 e. The second-order valence-electron chi connectivity index (χ2n) is 2.09. The molecule has 0 rings (SSSR count). The molecular formula is C7H14N2. The van der Waals surface area contributed by atoms with Gasteiger partial charge < -0.3 is 5.32 Å². The normalized spacial score (nSPS) is 11.2. The van der Waals surface area contributed by atoms with Gasteiger partial charge in [-0.1, -0.05) is 6.58 Å². The van der Waals surface area contributed by atoms with E-state index in [1.807, 2.05) is 13.8 Å². The van der Waals surface area contributed by atoms with Crippen LogP contribution < -0.4 is 5.32 Å². The van der Waals surface area contributed by atoms with E-state index < -0.39 is 0 Å². The summed E-state index contributed by atoms with van der Waals surface area (Å²) in [6.07, 6.45) is 0. The summed E-state index contributed by atoms with van der Waals surface area (Å²) >= 11 is 0. The molecule has 0 unspecified atom stereocenters. The summed E-state index contributed by atoms with van der Waals surface area (Å²) in [5.41, 5.74) is 2.08. The van der Waals surface area contributed by atoms with E-state index >= 15 is 0 Å². The van der Waals surface area contributed by atoms with E-state index in [-0.39, 0.29) is 0 Å². The zero-order chi connectivity index (χ0) is 7.28. The Morgan fingerprint density at radius 3 is 2.44 bits per heavy atom. The van der Waals surface area contributed by atoms with E-state index in [4.69, 9.17) is 0 Å². The van der Waals surface area contributed by atoms with E-state index in [9.17, 15) is 0 Å². The third-order valence-electron chi connectivity index (χ3n) is 1.03. The molecule has 0 aromatic rings. The highest BCUT2D eigenvalue weighted by molar-refractivity contribution is 5.83.